The maximum absolute atomic E-state index is 5.61. The first-order valence-corrected chi connectivity index (χ1v) is 7.73. The largest absolute Gasteiger partial charge is 0.116 e. The summed E-state index contributed by atoms with van der Waals surface area (Å²) in [6, 6.07) is 8.59. The van der Waals surface area contributed by atoms with Crippen molar-refractivity contribution in [2.24, 2.45) is 0 Å². The van der Waals surface area contributed by atoms with Crippen LogP contribution in [0.4, 0.5) is 0 Å². The molecule has 1 aromatic carbocycles. The lowest BCUT2D eigenvalue weighted by atomic mass is 9.91. The van der Waals surface area contributed by atoms with Crippen molar-refractivity contribution in [1.82, 2.24) is 0 Å². The molecule has 0 N–H and O–H groups in total. The van der Waals surface area contributed by atoms with Crippen molar-refractivity contribution < 1.29 is 0 Å². The average molecular weight is 294 g/mol. The minimum atomic E-state index is 0.926. The van der Waals surface area contributed by atoms with Crippen LogP contribution in [0.2, 0.25) is 0 Å². The normalized spacial score (nSPS) is 21.6. The number of hydrogen-bond donors (Lipinski definition) is 0. The standard InChI is InChI=1S/C18H14S2/c1-13-9-11-15(12-10-13)20-17-8-4-7-16(17)18(19)14-5-2-3-6-14/h2-12H,1H3. The van der Waals surface area contributed by atoms with E-state index in [4.69, 9.17) is 12.2 Å². The van der Waals surface area contributed by atoms with Crippen molar-refractivity contribution in [2.45, 2.75) is 11.8 Å². The molecule has 0 amide bonds. The summed E-state index contributed by atoms with van der Waals surface area (Å²) in [5.74, 6) is 2.27. The Morgan fingerprint density at radius 3 is 2.30 bits per heavy atom. The second-order valence-electron chi connectivity index (χ2n) is 4.72. The van der Waals surface area contributed by atoms with Gasteiger partial charge in [-0.1, -0.05) is 29.9 Å². The van der Waals surface area contributed by atoms with Crippen LogP contribution in [0.15, 0.2) is 29.2 Å². The lowest BCUT2D eigenvalue weighted by Crippen LogP contribution is -2.18. The fourth-order valence-corrected chi connectivity index (χ4v) is 3.43. The molecule has 1 aromatic rings. The van der Waals surface area contributed by atoms with E-state index in [0.717, 1.165) is 16.7 Å². The summed E-state index contributed by atoms with van der Waals surface area (Å²) in [5, 5.41) is 1.22. The quantitative estimate of drug-likeness (QED) is 0.745. The van der Waals surface area contributed by atoms with Gasteiger partial charge < -0.3 is 0 Å². The molecule has 2 aliphatic carbocycles. The van der Waals surface area contributed by atoms with E-state index in [1.807, 2.05) is 12.8 Å². The van der Waals surface area contributed by atoms with E-state index in [2.05, 4.69) is 63.3 Å². The van der Waals surface area contributed by atoms with Crippen molar-refractivity contribution in [3.8, 4) is 0 Å². The van der Waals surface area contributed by atoms with Gasteiger partial charge in [-0.05, 0) is 64.0 Å². The van der Waals surface area contributed by atoms with Crippen LogP contribution in [0, 0.1) is 69.0 Å². The fraction of sp³-hybridized carbons (Fsp3) is 0.0556. The molecule has 2 heteroatoms. The Hall–Kier alpha value is -0.340. The van der Waals surface area contributed by atoms with Gasteiger partial charge in [-0.15, -0.1) is 11.8 Å². The van der Waals surface area contributed by atoms with Crippen LogP contribution in [0.25, 0.3) is 0 Å². The molecule has 2 fully saturated rings. The molecule has 0 heterocycles. The smallest absolute Gasteiger partial charge is 0.0517 e. The molecule has 2 aliphatic rings. The maximum Gasteiger partial charge on any atom is 0.0517 e. The highest BCUT2D eigenvalue weighted by molar-refractivity contribution is 8.02. The van der Waals surface area contributed by atoms with E-state index >= 15 is 0 Å². The maximum atomic E-state index is 5.61. The van der Waals surface area contributed by atoms with Crippen LogP contribution in [-0.2, 0) is 0 Å². The SMILES string of the molecule is Cc1ccc(S[C]2[CH][CH][CH][C]2C(=S)[C]2[CH][CH][CH][CH]2)cc1. The van der Waals surface area contributed by atoms with Crippen LogP contribution < -0.4 is 0 Å². The van der Waals surface area contributed by atoms with Gasteiger partial charge in [0.05, 0.1) is 5.25 Å². The number of thiocarbonyl (C=S) groups is 1. The topological polar surface area (TPSA) is 0 Å². The molecule has 3 rings (SSSR count). The molecule has 0 saturated heterocycles. The number of thioether (sulfide) groups is 1. The first kappa shape index (κ1) is 14.6. The molecule has 0 atom stereocenters. The highest BCUT2D eigenvalue weighted by Crippen LogP contribution is 2.48. The Labute approximate surface area is 132 Å². The summed E-state index contributed by atoms with van der Waals surface area (Å²) in [4.78, 5) is 2.17. The van der Waals surface area contributed by atoms with E-state index in [1.165, 1.54) is 15.7 Å². The van der Waals surface area contributed by atoms with Crippen molar-refractivity contribution >= 4 is 28.8 Å². The highest BCUT2D eigenvalue weighted by atomic mass is 32.2. The number of aryl methyl sites for hydroxylation is 1. The summed E-state index contributed by atoms with van der Waals surface area (Å²) in [5.41, 5.74) is 1.28. The third kappa shape index (κ3) is 3.28. The molecule has 0 aliphatic heterocycles. The number of rotatable bonds is 4. The Morgan fingerprint density at radius 1 is 0.900 bits per heavy atom. The zero-order valence-electron chi connectivity index (χ0n) is 11.2. The molecule has 0 unspecified atom stereocenters. The number of benzene rings is 1. The monoisotopic (exact) mass is 294 g/mol. The van der Waals surface area contributed by atoms with Gasteiger partial charge in [-0.2, -0.15) is 0 Å². The van der Waals surface area contributed by atoms with Gasteiger partial charge >= 0.3 is 0 Å². The van der Waals surface area contributed by atoms with Gasteiger partial charge in [0.15, 0.2) is 0 Å². The van der Waals surface area contributed by atoms with Crippen molar-refractivity contribution in [3.05, 3.63) is 91.9 Å². The lowest BCUT2D eigenvalue weighted by Gasteiger charge is -2.21. The summed E-state index contributed by atoms with van der Waals surface area (Å²) in [6.45, 7) is 2.10. The summed E-state index contributed by atoms with van der Waals surface area (Å²) in [7, 11) is 0. The van der Waals surface area contributed by atoms with Crippen LogP contribution in [0.1, 0.15) is 5.56 Å². The Bertz CT molecular complexity index is 457. The molecule has 0 nitrogen and oxygen atoms in total. The van der Waals surface area contributed by atoms with E-state index in [9.17, 15) is 0 Å². The van der Waals surface area contributed by atoms with Crippen LogP contribution in [0.3, 0.4) is 0 Å². The second kappa shape index (κ2) is 6.62. The van der Waals surface area contributed by atoms with Crippen LogP contribution >= 0.6 is 24.0 Å². The van der Waals surface area contributed by atoms with Gasteiger partial charge in [-0.25, -0.2) is 0 Å². The average Bonchev–Trinajstić information content (AvgIpc) is 3.12. The molecular formula is C18H14S2. The van der Waals surface area contributed by atoms with Gasteiger partial charge in [0.25, 0.3) is 0 Å². The van der Waals surface area contributed by atoms with Gasteiger partial charge in [0.2, 0.25) is 0 Å². The van der Waals surface area contributed by atoms with E-state index < -0.39 is 0 Å². The molecule has 98 valence electrons. The minimum Gasteiger partial charge on any atom is -0.116 e. The van der Waals surface area contributed by atoms with Crippen LogP contribution in [0.5, 0.6) is 0 Å². The van der Waals surface area contributed by atoms with E-state index in [1.54, 1.807) is 11.8 Å². The first-order valence-electron chi connectivity index (χ1n) is 6.51. The predicted octanol–water partition coefficient (Wildman–Crippen LogP) is 4.60. The second-order valence-corrected chi connectivity index (χ2v) is 6.25. The third-order valence-electron chi connectivity index (χ3n) is 3.19. The van der Waals surface area contributed by atoms with Crippen LogP contribution in [-0.4, -0.2) is 4.86 Å². The zero-order valence-corrected chi connectivity index (χ0v) is 12.8. The molecule has 0 bridgehead atoms. The van der Waals surface area contributed by atoms with E-state index in [-0.39, 0.29) is 0 Å². The Balaban J connectivity index is 1.65. The molecule has 0 spiro atoms. The first-order chi connectivity index (χ1) is 9.74. The van der Waals surface area contributed by atoms with Gasteiger partial charge in [-0.3, -0.25) is 0 Å². The molecule has 20 heavy (non-hydrogen) atoms. The predicted molar refractivity (Wildman–Crippen MR) is 89.5 cm³/mol. The van der Waals surface area contributed by atoms with Crippen molar-refractivity contribution in [1.29, 1.82) is 0 Å². The van der Waals surface area contributed by atoms with Crippen molar-refractivity contribution in [3.63, 3.8) is 0 Å². The molecule has 10 radical (unpaired) electrons. The Morgan fingerprint density at radius 2 is 1.60 bits per heavy atom. The molecule has 2 saturated carbocycles. The van der Waals surface area contributed by atoms with Gasteiger partial charge in [0, 0.05) is 21.6 Å². The number of hydrogen-bond acceptors (Lipinski definition) is 2. The molecule has 0 aromatic heterocycles. The molecular weight excluding hydrogens is 280 g/mol. The fourth-order valence-electron chi connectivity index (χ4n) is 2.09. The third-order valence-corrected chi connectivity index (χ3v) is 4.73. The van der Waals surface area contributed by atoms with Gasteiger partial charge in [0.1, 0.15) is 0 Å². The summed E-state index contributed by atoms with van der Waals surface area (Å²) >= 11 is 7.37. The van der Waals surface area contributed by atoms with Crippen molar-refractivity contribution in [2.75, 3.05) is 0 Å². The lowest BCUT2D eigenvalue weighted by molar-refractivity contribution is 1.33. The highest BCUT2D eigenvalue weighted by Gasteiger charge is 2.37. The van der Waals surface area contributed by atoms with E-state index in [0.29, 0.717) is 0 Å². The summed E-state index contributed by atoms with van der Waals surface area (Å²) < 4.78 is 0. The zero-order chi connectivity index (χ0) is 13.9. The Kier molecular flexibility index (Phi) is 4.83. The minimum absolute atomic E-state index is 0.926. The summed E-state index contributed by atoms with van der Waals surface area (Å²) in [6.07, 6.45) is 14.5.